The molecule has 2 heterocycles. The molecule has 1 atom stereocenters. The van der Waals surface area contributed by atoms with Gasteiger partial charge in [0.05, 0.1) is 11.6 Å². The number of benzene rings is 1. The van der Waals surface area contributed by atoms with Crippen molar-refractivity contribution in [2.45, 2.75) is 18.6 Å². The molecule has 10 heteroatoms. The van der Waals surface area contributed by atoms with E-state index >= 15 is 0 Å². The highest BCUT2D eigenvalue weighted by Crippen LogP contribution is 2.32. The second-order valence-electron chi connectivity index (χ2n) is 6.40. The summed E-state index contributed by atoms with van der Waals surface area (Å²) in [5, 5.41) is 11.3. The molecule has 158 valence electrons. The second kappa shape index (κ2) is 9.53. The molecule has 0 saturated heterocycles. The van der Waals surface area contributed by atoms with E-state index in [-0.39, 0.29) is 10.6 Å². The lowest BCUT2D eigenvalue weighted by atomic mass is 10.1. The molecule has 1 aromatic carbocycles. The maximum Gasteiger partial charge on any atom is 0.416 e. The SMILES string of the molecule is CSCCC(NC(=O)/C=C/c1cc(C(F)(F)F)ccc1Cl)c1nnc2ccccn12. The van der Waals surface area contributed by atoms with Crippen LogP contribution in [0.2, 0.25) is 5.02 Å². The van der Waals surface area contributed by atoms with Gasteiger partial charge in [0, 0.05) is 17.3 Å². The van der Waals surface area contributed by atoms with E-state index in [9.17, 15) is 18.0 Å². The third-order valence-electron chi connectivity index (χ3n) is 4.32. The van der Waals surface area contributed by atoms with Crippen LogP contribution in [0.3, 0.4) is 0 Å². The van der Waals surface area contributed by atoms with Crippen molar-refractivity contribution in [3.63, 3.8) is 0 Å². The number of hydrogen-bond donors (Lipinski definition) is 1. The van der Waals surface area contributed by atoms with Gasteiger partial charge in [0.2, 0.25) is 5.91 Å². The van der Waals surface area contributed by atoms with Gasteiger partial charge in [-0.15, -0.1) is 10.2 Å². The first kappa shape index (κ1) is 22.2. The first-order valence-electron chi connectivity index (χ1n) is 8.93. The molecule has 0 spiro atoms. The minimum atomic E-state index is -4.49. The Morgan fingerprint density at radius 3 is 2.83 bits per heavy atom. The molecule has 0 saturated carbocycles. The lowest BCUT2D eigenvalue weighted by Gasteiger charge is -2.16. The molecule has 0 bridgehead atoms. The molecule has 0 radical (unpaired) electrons. The van der Waals surface area contributed by atoms with Crippen LogP contribution in [-0.2, 0) is 11.0 Å². The van der Waals surface area contributed by atoms with E-state index in [1.807, 2.05) is 18.4 Å². The Morgan fingerprint density at radius 1 is 1.30 bits per heavy atom. The number of aromatic nitrogens is 3. The van der Waals surface area contributed by atoms with Gasteiger partial charge in [0.1, 0.15) is 0 Å². The van der Waals surface area contributed by atoms with Gasteiger partial charge < -0.3 is 5.32 Å². The molecule has 3 rings (SSSR count). The number of amides is 1. The van der Waals surface area contributed by atoms with Gasteiger partial charge in [-0.2, -0.15) is 24.9 Å². The molecule has 0 aliphatic carbocycles. The standard InChI is InChI=1S/C20H18ClF3N4OS/c1-30-11-9-16(19-27-26-17-4-2-3-10-28(17)19)25-18(29)8-5-13-12-14(20(22,23)24)6-7-15(13)21/h2-8,10,12,16H,9,11H2,1H3,(H,25,29)/b8-5+. The van der Waals surface area contributed by atoms with Crippen molar-refractivity contribution in [2.24, 2.45) is 0 Å². The molecule has 1 unspecified atom stereocenters. The predicted octanol–water partition coefficient (Wildman–Crippen LogP) is 5.03. The zero-order valence-electron chi connectivity index (χ0n) is 15.9. The number of nitrogens with zero attached hydrogens (tertiary/aromatic N) is 3. The Hall–Kier alpha value is -2.52. The molecule has 1 amide bonds. The van der Waals surface area contributed by atoms with Crippen LogP contribution in [-0.4, -0.2) is 32.5 Å². The van der Waals surface area contributed by atoms with Crippen LogP contribution in [0.15, 0.2) is 48.7 Å². The fourth-order valence-electron chi connectivity index (χ4n) is 2.83. The van der Waals surface area contributed by atoms with Gasteiger partial charge in [0.25, 0.3) is 0 Å². The maximum atomic E-state index is 12.9. The summed E-state index contributed by atoms with van der Waals surface area (Å²) in [6.45, 7) is 0. The highest BCUT2D eigenvalue weighted by atomic mass is 35.5. The van der Waals surface area contributed by atoms with E-state index < -0.39 is 23.7 Å². The van der Waals surface area contributed by atoms with Crippen LogP contribution in [0.5, 0.6) is 0 Å². The molecule has 3 aromatic rings. The maximum absolute atomic E-state index is 12.9. The zero-order chi connectivity index (χ0) is 21.7. The quantitative estimate of drug-likeness (QED) is 0.509. The summed E-state index contributed by atoms with van der Waals surface area (Å²) in [5.74, 6) is 0.885. The zero-order valence-corrected chi connectivity index (χ0v) is 17.4. The highest BCUT2D eigenvalue weighted by Gasteiger charge is 2.30. The normalized spacial score (nSPS) is 13.1. The number of thioether (sulfide) groups is 1. The van der Waals surface area contributed by atoms with Crippen molar-refractivity contribution in [1.29, 1.82) is 0 Å². The topological polar surface area (TPSA) is 59.3 Å². The summed E-state index contributed by atoms with van der Waals surface area (Å²) >= 11 is 7.60. The van der Waals surface area contributed by atoms with E-state index in [1.54, 1.807) is 28.4 Å². The molecule has 0 aliphatic heterocycles. The minimum Gasteiger partial charge on any atom is -0.342 e. The van der Waals surface area contributed by atoms with Gasteiger partial charge in [-0.3, -0.25) is 9.20 Å². The average molecular weight is 455 g/mol. The first-order chi connectivity index (χ1) is 14.3. The van der Waals surface area contributed by atoms with Crippen molar-refractivity contribution < 1.29 is 18.0 Å². The summed E-state index contributed by atoms with van der Waals surface area (Å²) in [7, 11) is 0. The Kier molecular flexibility index (Phi) is 7.04. The first-order valence-corrected chi connectivity index (χ1v) is 10.7. The Balaban J connectivity index is 1.80. The summed E-state index contributed by atoms with van der Waals surface area (Å²) in [6.07, 6.45) is 2.31. The number of rotatable bonds is 7. The van der Waals surface area contributed by atoms with E-state index in [2.05, 4.69) is 15.5 Å². The van der Waals surface area contributed by atoms with Gasteiger partial charge >= 0.3 is 6.18 Å². The van der Waals surface area contributed by atoms with Gasteiger partial charge in [-0.1, -0.05) is 17.7 Å². The van der Waals surface area contributed by atoms with E-state index in [4.69, 9.17) is 11.6 Å². The number of nitrogens with one attached hydrogen (secondary N) is 1. The van der Waals surface area contributed by atoms with Gasteiger partial charge in [-0.05, 0) is 60.4 Å². The molecule has 0 fully saturated rings. The van der Waals surface area contributed by atoms with Crippen LogP contribution in [0.4, 0.5) is 13.2 Å². The third kappa shape index (κ3) is 5.34. The summed E-state index contributed by atoms with van der Waals surface area (Å²) < 4.78 is 40.5. The molecule has 0 aliphatic rings. The van der Waals surface area contributed by atoms with Crippen molar-refractivity contribution in [2.75, 3.05) is 12.0 Å². The molecule has 2 aromatic heterocycles. The fraction of sp³-hybridized carbons (Fsp3) is 0.250. The third-order valence-corrected chi connectivity index (χ3v) is 5.30. The van der Waals surface area contributed by atoms with Crippen molar-refractivity contribution >= 4 is 41.0 Å². The summed E-state index contributed by atoms with van der Waals surface area (Å²) in [5.41, 5.74) is -0.0721. The summed E-state index contributed by atoms with van der Waals surface area (Å²) in [6, 6.07) is 8.03. The van der Waals surface area contributed by atoms with Gasteiger partial charge in [0.15, 0.2) is 11.5 Å². The lowest BCUT2D eigenvalue weighted by Crippen LogP contribution is -2.29. The fourth-order valence-corrected chi connectivity index (χ4v) is 3.48. The van der Waals surface area contributed by atoms with Crippen molar-refractivity contribution in [1.82, 2.24) is 19.9 Å². The number of carbonyl (C=O) groups excluding carboxylic acids is 1. The van der Waals surface area contributed by atoms with Crippen LogP contribution in [0.1, 0.15) is 29.4 Å². The van der Waals surface area contributed by atoms with Crippen LogP contribution < -0.4 is 5.32 Å². The number of pyridine rings is 1. The average Bonchev–Trinajstić information content (AvgIpc) is 3.13. The van der Waals surface area contributed by atoms with Gasteiger partial charge in [-0.25, -0.2) is 0 Å². The smallest absolute Gasteiger partial charge is 0.342 e. The molecule has 5 nitrogen and oxygen atoms in total. The van der Waals surface area contributed by atoms with Crippen LogP contribution >= 0.6 is 23.4 Å². The van der Waals surface area contributed by atoms with E-state index in [1.165, 1.54) is 6.08 Å². The van der Waals surface area contributed by atoms with Crippen LogP contribution in [0, 0.1) is 0 Å². The lowest BCUT2D eigenvalue weighted by molar-refractivity contribution is -0.137. The van der Waals surface area contributed by atoms with Crippen molar-refractivity contribution in [3.05, 3.63) is 70.6 Å². The highest BCUT2D eigenvalue weighted by molar-refractivity contribution is 7.98. The number of alkyl halides is 3. The number of hydrogen-bond acceptors (Lipinski definition) is 4. The molecule has 1 N–H and O–H groups in total. The predicted molar refractivity (Wildman–Crippen MR) is 112 cm³/mol. The minimum absolute atomic E-state index is 0.107. The number of halogens is 4. The second-order valence-corrected chi connectivity index (χ2v) is 7.79. The summed E-state index contributed by atoms with van der Waals surface area (Å²) in [4.78, 5) is 12.5. The Bertz CT molecular complexity index is 1070. The largest absolute Gasteiger partial charge is 0.416 e. The van der Waals surface area contributed by atoms with Crippen molar-refractivity contribution in [3.8, 4) is 0 Å². The molecular formula is C20H18ClF3N4OS. The monoisotopic (exact) mass is 454 g/mol. The number of fused-ring (bicyclic) bond motifs is 1. The Labute approximate surface area is 180 Å². The van der Waals surface area contributed by atoms with Crippen LogP contribution in [0.25, 0.3) is 11.7 Å². The Morgan fingerprint density at radius 2 is 2.10 bits per heavy atom. The molecular weight excluding hydrogens is 437 g/mol. The van der Waals surface area contributed by atoms with E-state index in [0.717, 1.165) is 30.0 Å². The number of carbonyl (C=O) groups is 1. The molecule has 30 heavy (non-hydrogen) atoms. The van der Waals surface area contributed by atoms with E-state index in [0.29, 0.717) is 17.9 Å².